The van der Waals surface area contributed by atoms with Crippen molar-refractivity contribution in [1.29, 1.82) is 0 Å². The summed E-state index contributed by atoms with van der Waals surface area (Å²) in [7, 11) is 0. The first-order valence-electron chi connectivity index (χ1n) is 9.82. The van der Waals surface area contributed by atoms with Gasteiger partial charge in [-0.2, -0.15) is 0 Å². The summed E-state index contributed by atoms with van der Waals surface area (Å²) in [5.74, 6) is -4.74. The number of primary amides is 1. The van der Waals surface area contributed by atoms with Gasteiger partial charge in [0.05, 0.1) is 12.5 Å². The molecule has 0 fully saturated rings. The monoisotopic (exact) mass is 451 g/mol. The minimum Gasteiger partial charge on any atom is -0.508 e. The Hall–Kier alpha value is -3.67. The summed E-state index contributed by atoms with van der Waals surface area (Å²) in [6, 6.07) is 2.37. The quantitative estimate of drug-likeness (QED) is 0.187. The normalized spacial score (nSPS) is 13.5. The second-order valence-corrected chi connectivity index (χ2v) is 7.54. The van der Waals surface area contributed by atoms with Gasteiger partial charge in [0.1, 0.15) is 24.4 Å². The smallest absolute Gasteiger partial charge is 0.322 e. The Kier molecular flexibility index (Phi) is 10.1. The van der Waals surface area contributed by atoms with Crippen molar-refractivity contribution in [3.8, 4) is 5.75 Å². The number of carbonyl (C=O) groups is 5. The first-order chi connectivity index (χ1) is 14.9. The number of nitrogens with one attached hydrogen (secondary N) is 3. The van der Waals surface area contributed by atoms with Crippen LogP contribution in [-0.2, 0) is 30.4 Å². The third-order valence-corrected chi connectivity index (χ3v) is 4.48. The van der Waals surface area contributed by atoms with Gasteiger partial charge in [-0.15, -0.1) is 0 Å². The van der Waals surface area contributed by atoms with E-state index in [1.807, 2.05) is 0 Å². The Balaban J connectivity index is 3.06. The molecule has 0 aromatic heterocycles. The predicted octanol–water partition coefficient (Wildman–Crippen LogP) is -2.04. The van der Waals surface area contributed by atoms with Crippen LogP contribution in [0.25, 0.3) is 0 Å². The van der Waals surface area contributed by atoms with Crippen molar-refractivity contribution in [2.75, 3.05) is 6.54 Å². The van der Waals surface area contributed by atoms with Crippen LogP contribution in [-0.4, -0.2) is 64.5 Å². The molecule has 32 heavy (non-hydrogen) atoms. The molecule has 176 valence electrons. The maximum Gasteiger partial charge on any atom is 0.322 e. The topological polar surface area (TPSA) is 214 Å². The van der Waals surface area contributed by atoms with Crippen molar-refractivity contribution in [3.63, 3.8) is 0 Å². The van der Waals surface area contributed by atoms with Crippen molar-refractivity contribution in [3.05, 3.63) is 29.8 Å². The maximum absolute atomic E-state index is 12.9. The summed E-state index contributed by atoms with van der Waals surface area (Å²) in [5.41, 5.74) is 11.6. The van der Waals surface area contributed by atoms with Crippen LogP contribution in [0.4, 0.5) is 0 Å². The van der Waals surface area contributed by atoms with Crippen molar-refractivity contribution in [2.45, 2.75) is 44.8 Å². The Morgan fingerprint density at radius 1 is 0.938 bits per heavy atom. The molecular formula is C20H29N5O7. The molecular weight excluding hydrogens is 422 g/mol. The lowest BCUT2D eigenvalue weighted by molar-refractivity contribution is -0.138. The number of hydrogen-bond acceptors (Lipinski definition) is 7. The molecule has 0 spiro atoms. The van der Waals surface area contributed by atoms with Crippen molar-refractivity contribution in [1.82, 2.24) is 16.0 Å². The van der Waals surface area contributed by atoms with Gasteiger partial charge in [-0.1, -0.05) is 26.0 Å². The summed E-state index contributed by atoms with van der Waals surface area (Å²) >= 11 is 0. The Morgan fingerprint density at radius 2 is 1.50 bits per heavy atom. The van der Waals surface area contributed by atoms with Crippen molar-refractivity contribution in [2.24, 2.45) is 17.4 Å². The number of carboxylic acids is 1. The van der Waals surface area contributed by atoms with Crippen LogP contribution in [0.1, 0.15) is 25.8 Å². The molecule has 3 atom stereocenters. The zero-order valence-electron chi connectivity index (χ0n) is 17.8. The van der Waals surface area contributed by atoms with Crippen LogP contribution in [0.5, 0.6) is 5.75 Å². The number of nitrogens with two attached hydrogens (primary N) is 2. The van der Waals surface area contributed by atoms with Gasteiger partial charge in [0.25, 0.3) is 0 Å². The third kappa shape index (κ3) is 9.00. The first-order valence-corrected chi connectivity index (χ1v) is 9.82. The number of hydrogen-bond donors (Lipinski definition) is 7. The number of rotatable bonds is 12. The second kappa shape index (κ2) is 12.2. The second-order valence-electron chi connectivity index (χ2n) is 7.54. The highest BCUT2D eigenvalue weighted by molar-refractivity contribution is 5.95. The largest absolute Gasteiger partial charge is 0.508 e. The molecule has 1 rings (SSSR count). The molecule has 3 unspecified atom stereocenters. The predicted molar refractivity (Wildman–Crippen MR) is 113 cm³/mol. The fraction of sp³-hybridized carbons (Fsp3) is 0.450. The molecule has 1 aromatic rings. The lowest BCUT2D eigenvalue weighted by Gasteiger charge is -2.24. The minimum absolute atomic E-state index is 0.0112. The van der Waals surface area contributed by atoms with Crippen molar-refractivity contribution < 1.29 is 34.2 Å². The number of phenols is 1. The molecule has 12 heteroatoms. The SMILES string of the molecule is CC(C)C(N)C(=O)NC(Cc1ccc(O)cc1)C(=O)NC(CC(N)=O)C(=O)NCC(=O)O. The van der Waals surface area contributed by atoms with Gasteiger partial charge in [-0.05, 0) is 23.6 Å². The van der Waals surface area contributed by atoms with E-state index in [2.05, 4.69) is 16.0 Å². The van der Waals surface area contributed by atoms with Crippen LogP contribution in [0.3, 0.4) is 0 Å². The van der Waals surface area contributed by atoms with E-state index in [9.17, 15) is 29.1 Å². The third-order valence-electron chi connectivity index (χ3n) is 4.48. The number of aromatic hydroxyl groups is 1. The van der Waals surface area contributed by atoms with E-state index in [4.69, 9.17) is 16.6 Å². The molecule has 0 bridgehead atoms. The molecule has 4 amide bonds. The summed E-state index contributed by atoms with van der Waals surface area (Å²) in [4.78, 5) is 59.6. The highest BCUT2D eigenvalue weighted by atomic mass is 16.4. The number of aliphatic carboxylic acids is 1. The number of amides is 4. The molecule has 0 saturated carbocycles. The van der Waals surface area contributed by atoms with Gasteiger partial charge in [0, 0.05) is 6.42 Å². The van der Waals surface area contributed by atoms with Crippen molar-refractivity contribution >= 4 is 29.6 Å². The summed E-state index contributed by atoms with van der Waals surface area (Å²) in [6.45, 7) is 2.74. The molecule has 1 aromatic carbocycles. The van der Waals surface area contributed by atoms with Gasteiger partial charge in [0.2, 0.25) is 23.6 Å². The average Bonchev–Trinajstić information content (AvgIpc) is 2.71. The van der Waals surface area contributed by atoms with Crippen LogP contribution < -0.4 is 27.4 Å². The summed E-state index contributed by atoms with van der Waals surface area (Å²) in [5, 5.41) is 25.1. The lowest BCUT2D eigenvalue weighted by atomic mass is 10.0. The van der Waals surface area contributed by atoms with E-state index in [1.165, 1.54) is 12.1 Å². The van der Waals surface area contributed by atoms with E-state index < -0.39 is 60.7 Å². The number of carboxylic acid groups (broad SMARTS) is 1. The summed E-state index contributed by atoms with van der Waals surface area (Å²) in [6.07, 6.45) is -0.592. The lowest BCUT2D eigenvalue weighted by Crippen LogP contribution is -2.57. The maximum atomic E-state index is 12.9. The van der Waals surface area contributed by atoms with E-state index in [0.717, 1.165) is 0 Å². The molecule has 0 saturated heterocycles. The fourth-order valence-corrected chi connectivity index (χ4v) is 2.62. The van der Waals surface area contributed by atoms with Gasteiger partial charge in [-0.3, -0.25) is 24.0 Å². The van der Waals surface area contributed by atoms with Crippen LogP contribution in [0.2, 0.25) is 0 Å². The van der Waals surface area contributed by atoms with E-state index in [0.29, 0.717) is 5.56 Å². The zero-order valence-corrected chi connectivity index (χ0v) is 17.8. The van der Waals surface area contributed by atoms with Gasteiger partial charge in [0.15, 0.2) is 0 Å². The standard InChI is InChI=1S/C20H29N5O7/c1-10(2)17(22)20(32)25-13(7-11-3-5-12(26)6-4-11)19(31)24-14(8-15(21)27)18(30)23-9-16(28)29/h3-6,10,13-14,17,26H,7-9,22H2,1-2H3,(H2,21,27)(H,23,30)(H,24,31)(H,25,32)(H,28,29). The molecule has 0 heterocycles. The van der Waals surface area contributed by atoms with Crippen LogP contribution in [0, 0.1) is 5.92 Å². The Morgan fingerprint density at radius 3 is 2.00 bits per heavy atom. The molecule has 0 aliphatic rings. The fourth-order valence-electron chi connectivity index (χ4n) is 2.62. The van der Waals surface area contributed by atoms with Gasteiger partial charge in [-0.25, -0.2) is 0 Å². The number of phenolic OH excluding ortho intramolecular Hbond substituents is 1. The molecule has 0 aliphatic carbocycles. The Bertz CT molecular complexity index is 841. The molecule has 9 N–H and O–H groups in total. The average molecular weight is 451 g/mol. The number of carbonyl (C=O) groups excluding carboxylic acids is 4. The van der Waals surface area contributed by atoms with E-state index in [1.54, 1.807) is 26.0 Å². The van der Waals surface area contributed by atoms with E-state index in [-0.39, 0.29) is 18.1 Å². The summed E-state index contributed by atoms with van der Waals surface area (Å²) < 4.78 is 0. The molecule has 0 aliphatic heterocycles. The highest BCUT2D eigenvalue weighted by Gasteiger charge is 2.30. The molecule has 0 radical (unpaired) electrons. The van der Waals surface area contributed by atoms with Crippen LogP contribution in [0.15, 0.2) is 24.3 Å². The zero-order chi connectivity index (χ0) is 24.4. The highest BCUT2D eigenvalue weighted by Crippen LogP contribution is 2.12. The van der Waals surface area contributed by atoms with Crippen LogP contribution >= 0.6 is 0 Å². The Labute approximate surface area is 184 Å². The minimum atomic E-state index is -1.45. The van der Waals surface area contributed by atoms with Gasteiger partial charge >= 0.3 is 5.97 Å². The molecule has 12 nitrogen and oxygen atoms in total. The van der Waals surface area contributed by atoms with E-state index >= 15 is 0 Å². The number of benzene rings is 1. The van der Waals surface area contributed by atoms with Gasteiger partial charge < -0.3 is 37.6 Å². The first kappa shape index (κ1) is 26.4.